The van der Waals surface area contributed by atoms with Crippen LogP contribution in [0.5, 0.6) is 0 Å². The number of hydrogen-bond acceptors (Lipinski definition) is 4. The summed E-state index contributed by atoms with van der Waals surface area (Å²) in [6, 6.07) is 0.0365. The molecule has 2 N–H and O–H groups in total. The minimum atomic E-state index is -0.148. The van der Waals surface area contributed by atoms with Crippen molar-refractivity contribution in [3.05, 3.63) is 0 Å². The number of rotatable bonds is 2. The Kier molecular flexibility index (Phi) is 2.26. The van der Waals surface area contributed by atoms with Crippen LogP contribution in [0.25, 0.3) is 0 Å². The van der Waals surface area contributed by atoms with E-state index in [4.69, 9.17) is 15.2 Å². The monoisotopic (exact) mass is 185 g/mol. The van der Waals surface area contributed by atoms with Gasteiger partial charge in [0.05, 0.1) is 25.2 Å². The molecular weight excluding hydrogens is 170 g/mol. The number of ether oxygens (including phenoxy) is 2. The van der Waals surface area contributed by atoms with Gasteiger partial charge in [0, 0.05) is 12.0 Å². The van der Waals surface area contributed by atoms with E-state index >= 15 is 0 Å². The van der Waals surface area contributed by atoms with Crippen LogP contribution in [0, 0.1) is 11.8 Å². The average molecular weight is 185 g/mol. The zero-order valence-electron chi connectivity index (χ0n) is 7.73. The molecule has 1 aliphatic carbocycles. The molecule has 13 heavy (non-hydrogen) atoms. The molecule has 74 valence electrons. The Hall–Kier alpha value is -0.610. The van der Waals surface area contributed by atoms with Crippen molar-refractivity contribution in [1.82, 2.24) is 0 Å². The molecule has 0 aromatic carbocycles. The van der Waals surface area contributed by atoms with Crippen molar-refractivity contribution >= 4 is 5.97 Å². The molecule has 0 amide bonds. The Balaban J connectivity index is 2.00. The quantitative estimate of drug-likeness (QED) is 0.611. The van der Waals surface area contributed by atoms with Crippen molar-refractivity contribution in [3.63, 3.8) is 0 Å². The first-order valence-corrected chi connectivity index (χ1v) is 4.78. The highest BCUT2D eigenvalue weighted by molar-refractivity contribution is 5.74. The van der Waals surface area contributed by atoms with Crippen LogP contribution in [0.4, 0.5) is 0 Å². The zero-order chi connectivity index (χ0) is 9.42. The van der Waals surface area contributed by atoms with E-state index in [1.807, 2.05) is 6.92 Å². The van der Waals surface area contributed by atoms with Crippen LogP contribution in [0.15, 0.2) is 0 Å². The van der Waals surface area contributed by atoms with Gasteiger partial charge in [-0.25, -0.2) is 0 Å². The van der Waals surface area contributed by atoms with E-state index in [9.17, 15) is 4.79 Å². The lowest BCUT2D eigenvalue weighted by Crippen LogP contribution is -2.35. The number of esters is 1. The maximum absolute atomic E-state index is 11.4. The standard InChI is InChI=1S/C9H15NO3/c1-2-12-9(11)6-3-5-4-13-8(6)7(5)10/h5-8H,2-4,10H2,1H3/t5-,6+,7?,8-/m1/s1. The molecule has 2 fully saturated rings. The number of hydrogen-bond donors (Lipinski definition) is 1. The first kappa shape index (κ1) is 8.97. The van der Waals surface area contributed by atoms with Crippen molar-refractivity contribution < 1.29 is 14.3 Å². The lowest BCUT2D eigenvalue weighted by Gasteiger charge is -2.19. The second-order valence-corrected chi connectivity index (χ2v) is 3.73. The van der Waals surface area contributed by atoms with Crippen molar-refractivity contribution in [1.29, 1.82) is 0 Å². The number of carbonyl (C=O) groups excluding carboxylic acids is 1. The minimum absolute atomic E-state index is 0.0365. The van der Waals surface area contributed by atoms with E-state index < -0.39 is 0 Å². The zero-order valence-corrected chi connectivity index (χ0v) is 7.73. The van der Waals surface area contributed by atoms with Gasteiger partial charge in [-0.2, -0.15) is 0 Å². The summed E-state index contributed by atoms with van der Waals surface area (Å²) in [6.45, 7) is 2.95. The highest BCUT2D eigenvalue weighted by Gasteiger charge is 2.51. The van der Waals surface area contributed by atoms with E-state index in [0.717, 1.165) is 6.42 Å². The maximum atomic E-state index is 11.4. The van der Waals surface area contributed by atoms with Crippen molar-refractivity contribution in [2.24, 2.45) is 17.6 Å². The molecule has 0 radical (unpaired) electrons. The second-order valence-electron chi connectivity index (χ2n) is 3.73. The minimum Gasteiger partial charge on any atom is -0.466 e. The van der Waals surface area contributed by atoms with E-state index in [1.54, 1.807) is 0 Å². The van der Waals surface area contributed by atoms with Crippen molar-refractivity contribution in [3.8, 4) is 0 Å². The van der Waals surface area contributed by atoms with E-state index in [1.165, 1.54) is 0 Å². The molecule has 0 spiro atoms. The Bertz CT molecular complexity index is 219. The molecule has 1 aliphatic heterocycles. The van der Waals surface area contributed by atoms with Gasteiger partial charge in [0.2, 0.25) is 0 Å². The fourth-order valence-corrected chi connectivity index (χ4v) is 2.27. The first-order chi connectivity index (χ1) is 6.24. The third kappa shape index (κ3) is 1.34. The summed E-state index contributed by atoms with van der Waals surface area (Å²) in [5.74, 6) is 0.0956. The average Bonchev–Trinajstić information content (AvgIpc) is 2.62. The van der Waals surface area contributed by atoms with E-state index in [-0.39, 0.29) is 24.0 Å². The summed E-state index contributed by atoms with van der Waals surface area (Å²) < 4.78 is 10.4. The van der Waals surface area contributed by atoms with Crippen LogP contribution < -0.4 is 5.73 Å². The molecule has 4 heteroatoms. The van der Waals surface area contributed by atoms with Crippen LogP contribution in [0.1, 0.15) is 13.3 Å². The Labute approximate surface area is 77.4 Å². The molecule has 2 bridgehead atoms. The largest absolute Gasteiger partial charge is 0.466 e. The van der Waals surface area contributed by atoms with Crippen molar-refractivity contribution in [2.75, 3.05) is 13.2 Å². The molecule has 0 aromatic heterocycles. The summed E-state index contributed by atoms with van der Waals surface area (Å²) in [5, 5.41) is 0. The van der Waals surface area contributed by atoms with Gasteiger partial charge in [-0.15, -0.1) is 0 Å². The maximum Gasteiger partial charge on any atom is 0.311 e. The van der Waals surface area contributed by atoms with E-state index in [0.29, 0.717) is 19.1 Å². The normalized spacial score (nSPS) is 42.3. The molecule has 1 unspecified atom stereocenters. The number of fused-ring (bicyclic) bond motifs is 2. The predicted octanol–water partition coefficient (Wildman–Crippen LogP) is -0.0883. The summed E-state index contributed by atoms with van der Waals surface area (Å²) in [5.41, 5.74) is 5.88. The Morgan fingerprint density at radius 3 is 2.92 bits per heavy atom. The molecule has 1 saturated heterocycles. The lowest BCUT2D eigenvalue weighted by atomic mass is 10.0. The lowest BCUT2D eigenvalue weighted by molar-refractivity contribution is -0.153. The van der Waals surface area contributed by atoms with Gasteiger partial charge in [-0.05, 0) is 13.3 Å². The van der Waals surface area contributed by atoms with Gasteiger partial charge >= 0.3 is 5.97 Å². The summed E-state index contributed by atoms with van der Waals surface area (Å²) >= 11 is 0. The smallest absolute Gasteiger partial charge is 0.311 e. The molecule has 4 nitrogen and oxygen atoms in total. The molecule has 1 saturated carbocycles. The van der Waals surface area contributed by atoms with Crippen LogP contribution in [0.3, 0.4) is 0 Å². The molecular formula is C9H15NO3. The number of nitrogens with two attached hydrogens (primary N) is 1. The van der Waals surface area contributed by atoms with Gasteiger partial charge in [0.1, 0.15) is 0 Å². The molecule has 2 rings (SSSR count). The predicted molar refractivity (Wildman–Crippen MR) is 45.9 cm³/mol. The molecule has 1 heterocycles. The first-order valence-electron chi connectivity index (χ1n) is 4.78. The van der Waals surface area contributed by atoms with E-state index in [2.05, 4.69) is 0 Å². The highest BCUT2D eigenvalue weighted by atomic mass is 16.5. The Morgan fingerprint density at radius 2 is 2.46 bits per heavy atom. The van der Waals surface area contributed by atoms with Crippen LogP contribution in [-0.2, 0) is 14.3 Å². The fraction of sp³-hybridized carbons (Fsp3) is 0.889. The molecule has 0 aromatic rings. The van der Waals surface area contributed by atoms with Crippen LogP contribution in [0.2, 0.25) is 0 Å². The van der Waals surface area contributed by atoms with Crippen molar-refractivity contribution in [2.45, 2.75) is 25.5 Å². The fourth-order valence-electron chi connectivity index (χ4n) is 2.27. The third-order valence-electron chi connectivity index (χ3n) is 2.97. The topological polar surface area (TPSA) is 61.5 Å². The second kappa shape index (κ2) is 3.27. The molecule has 4 atom stereocenters. The summed E-state index contributed by atoms with van der Waals surface area (Å²) in [6.07, 6.45) is 0.744. The van der Waals surface area contributed by atoms with Gasteiger partial charge < -0.3 is 15.2 Å². The van der Waals surface area contributed by atoms with Crippen LogP contribution >= 0.6 is 0 Å². The third-order valence-corrected chi connectivity index (χ3v) is 2.97. The SMILES string of the molecule is CCOC(=O)[C@H]1C[C@@H]2CO[C@H]1C2N. The van der Waals surface area contributed by atoms with Crippen LogP contribution in [-0.4, -0.2) is 31.3 Å². The summed E-state index contributed by atoms with van der Waals surface area (Å²) in [4.78, 5) is 11.4. The highest BCUT2D eigenvalue weighted by Crippen LogP contribution is 2.39. The Morgan fingerprint density at radius 1 is 1.69 bits per heavy atom. The van der Waals surface area contributed by atoms with Gasteiger partial charge in [-0.3, -0.25) is 4.79 Å². The van der Waals surface area contributed by atoms with Gasteiger partial charge in [0.25, 0.3) is 0 Å². The van der Waals surface area contributed by atoms with Gasteiger partial charge in [0.15, 0.2) is 0 Å². The molecule has 2 aliphatic rings. The number of carbonyl (C=O) groups is 1. The summed E-state index contributed by atoms with van der Waals surface area (Å²) in [7, 11) is 0. The van der Waals surface area contributed by atoms with Gasteiger partial charge in [-0.1, -0.05) is 0 Å².